The molecule has 1 aliphatic heterocycles. The summed E-state index contributed by atoms with van der Waals surface area (Å²) in [5.74, 6) is 1.18. The highest BCUT2D eigenvalue weighted by molar-refractivity contribution is 5.97. The van der Waals surface area contributed by atoms with Gasteiger partial charge in [0.1, 0.15) is 0 Å². The zero-order valence-corrected chi connectivity index (χ0v) is 13.2. The Morgan fingerprint density at radius 1 is 1.32 bits per heavy atom. The smallest absolute Gasteiger partial charge is 0.229 e. The van der Waals surface area contributed by atoms with Crippen molar-refractivity contribution in [2.45, 2.75) is 32.2 Å². The minimum absolute atomic E-state index is 0.00513. The molecule has 6 nitrogen and oxygen atoms in total. The van der Waals surface area contributed by atoms with Gasteiger partial charge in [0.05, 0.1) is 20.3 Å². The standard InChI is InChI=1S/C16H22N2O4/c1-4-5-15(19)17-11-8-16(20)18(10-11)12-6-7-13(21-2)14(9-12)22-3/h6-7,9,11H,4-5,8,10H2,1-3H3,(H,17,19)/t11-/m0/s1. The number of carbonyl (C=O) groups is 2. The zero-order chi connectivity index (χ0) is 16.1. The van der Waals surface area contributed by atoms with Crippen LogP contribution in [0.15, 0.2) is 18.2 Å². The molecule has 1 atom stereocenters. The molecule has 1 saturated heterocycles. The van der Waals surface area contributed by atoms with Crippen molar-refractivity contribution in [2.75, 3.05) is 25.7 Å². The van der Waals surface area contributed by atoms with Crippen LogP contribution in [-0.2, 0) is 9.59 Å². The first-order chi connectivity index (χ1) is 10.6. The molecule has 0 saturated carbocycles. The van der Waals surface area contributed by atoms with Crippen LogP contribution in [0.1, 0.15) is 26.2 Å². The number of carbonyl (C=O) groups excluding carboxylic acids is 2. The van der Waals surface area contributed by atoms with E-state index in [-0.39, 0.29) is 17.9 Å². The lowest BCUT2D eigenvalue weighted by molar-refractivity contribution is -0.121. The molecule has 0 unspecified atom stereocenters. The van der Waals surface area contributed by atoms with Crippen molar-refractivity contribution in [1.29, 1.82) is 0 Å². The third-order valence-electron chi connectivity index (χ3n) is 3.65. The Hall–Kier alpha value is -2.24. The predicted octanol–water partition coefficient (Wildman–Crippen LogP) is 1.73. The number of hydrogen-bond donors (Lipinski definition) is 1. The van der Waals surface area contributed by atoms with Gasteiger partial charge in [-0.2, -0.15) is 0 Å². The molecule has 2 amide bonds. The van der Waals surface area contributed by atoms with Gasteiger partial charge in [-0.25, -0.2) is 0 Å². The van der Waals surface area contributed by atoms with Crippen molar-refractivity contribution in [2.24, 2.45) is 0 Å². The van der Waals surface area contributed by atoms with E-state index in [2.05, 4.69) is 5.32 Å². The first-order valence-electron chi connectivity index (χ1n) is 7.40. The average Bonchev–Trinajstić information content (AvgIpc) is 2.87. The van der Waals surface area contributed by atoms with Crippen LogP contribution in [-0.4, -0.2) is 38.6 Å². The fourth-order valence-electron chi connectivity index (χ4n) is 2.57. The predicted molar refractivity (Wildman–Crippen MR) is 83.4 cm³/mol. The molecule has 1 fully saturated rings. The molecule has 1 aromatic rings. The Labute approximate surface area is 130 Å². The number of ether oxygens (including phenoxy) is 2. The van der Waals surface area contributed by atoms with Gasteiger partial charge in [0.2, 0.25) is 11.8 Å². The van der Waals surface area contributed by atoms with Crippen molar-refractivity contribution in [3.05, 3.63) is 18.2 Å². The van der Waals surface area contributed by atoms with Gasteiger partial charge in [-0.3, -0.25) is 9.59 Å². The highest BCUT2D eigenvalue weighted by Crippen LogP contribution is 2.33. The van der Waals surface area contributed by atoms with Gasteiger partial charge < -0.3 is 19.7 Å². The van der Waals surface area contributed by atoms with Crippen LogP contribution in [0.2, 0.25) is 0 Å². The largest absolute Gasteiger partial charge is 0.493 e. The Balaban J connectivity index is 2.10. The van der Waals surface area contributed by atoms with Gasteiger partial charge in [-0.15, -0.1) is 0 Å². The SMILES string of the molecule is CCCC(=O)N[C@H]1CC(=O)N(c2ccc(OC)c(OC)c2)C1. The summed E-state index contributed by atoms with van der Waals surface area (Å²) < 4.78 is 10.5. The summed E-state index contributed by atoms with van der Waals surface area (Å²) in [7, 11) is 3.12. The second kappa shape index (κ2) is 7.15. The number of nitrogens with one attached hydrogen (secondary N) is 1. The molecule has 1 N–H and O–H groups in total. The third-order valence-corrected chi connectivity index (χ3v) is 3.65. The molecule has 6 heteroatoms. The van der Waals surface area contributed by atoms with Crippen LogP contribution in [0.3, 0.4) is 0 Å². The number of amides is 2. The molecule has 1 heterocycles. The monoisotopic (exact) mass is 306 g/mol. The van der Waals surface area contributed by atoms with E-state index in [0.29, 0.717) is 30.9 Å². The molecule has 0 spiro atoms. The molecular weight excluding hydrogens is 284 g/mol. The van der Waals surface area contributed by atoms with Crippen LogP contribution in [0.25, 0.3) is 0 Å². The van der Waals surface area contributed by atoms with Crippen LogP contribution in [0.4, 0.5) is 5.69 Å². The number of benzene rings is 1. The first-order valence-corrected chi connectivity index (χ1v) is 7.40. The van der Waals surface area contributed by atoms with E-state index in [1.54, 1.807) is 31.3 Å². The molecule has 2 rings (SSSR count). The molecule has 1 aliphatic rings. The molecule has 120 valence electrons. The lowest BCUT2D eigenvalue weighted by atomic mass is 10.2. The molecule has 0 aliphatic carbocycles. The highest BCUT2D eigenvalue weighted by atomic mass is 16.5. The molecular formula is C16H22N2O4. The maximum absolute atomic E-state index is 12.2. The van der Waals surface area contributed by atoms with Crippen LogP contribution < -0.4 is 19.7 Å². The Kier molecular flexibility index (Phi) is 5.25. The molecule has 22 heavy (non-hydrogen) atoms. The quantitative estimate of drug-likeness (QED) is 0.869. The van der Waals surface area contributed by atoms with Gasteiger partial charge in [-0.1, -0.05) is 6.92 Å². The molecule has 0 radical (unpaired) electrons. The van der Waals surface area contributed by atoms with Crippen molar-refractivity contribution in [3.8, 4) is 11.5 Å². The Morgan fingerprint density at radius 2 is 2.05 bits per heavy atom. The molecule has 1 aromatic carbocycles. The summed E-state index contributed by atoms with van der Waals surface area (Å²) in [4.78, 5) is 25.5. The average molecular weight is 306 g/mol. The van der Waals surface area contributed by atoms with Crippen molar-refractivity contribution >= 4 is 17.5 Å². The maximum Gasteiger partial charge on any atom is 0.229 e. The van der Waals surface area contributed by atoms with E-state index in [1.807, 2.05) is 13.0 Å². The fraction of sp³-hybridized carbons (Fsp3) is 0.500. The van der Waals surface area contributed by atoms with E-state index in [0.717, 1.165) is 12.1 Å². The minimum Gasteiger partial charge on any atom is -0.493 e. The van der Waals surface area contributed by atoms with E-state index in [9.17, 15) is 9.59 Å². The van der Waals surface area contributed by atoms with Gasteiger partial charge in [0.15, 0.2) is 11.5 Å². The lowest BCUT2D eigenvalue weighted by Crippen LogP contribution is -2.36. The normalized spacial score (nSPS) is 17.5. The number of nitrogens with zero attached hydrogens (tertiary/aromatic N) is 1. The first kappa shape index (κ1) is 16.1. The van der Waals surface area contributed by atoms with E-state index in [4.69, 9.17) is 9.47 Å². The van der Waals surface area contributed by atoms with Crippen LogP contribution in [0, 0.1) is 0 Å². The van der Waals surface area contributed by atoms with Crippen molar-refractivity contribution in [1.82, 2.24) is 5.32 Å². The number of anilines is 1. The number of methoxy groups -OCH3 is 2. The summed E-state index contributed by atoms with van der Waals surface area (Å²) in [6, 6.07) is 5.21. The zero-order valence-electron chi connectivity index (χ0n) is 13.2. The van der Waals surface area contributed by atoms with Gasteiger partial charge in [0.25, 0.3) is 0 Å². The van der Waals surface area contributed by atoms with Gasteiger partial charge in [-0.05, 0) is 18.6 Å². The third kappa shape index (κ3) is 3.50. The highest BCUT2D eigenvalue weighted by Gasteiger charge is 2.31. The summed E-state index contributed by atoms with van der Waals surface area (Å²) in [6.45, 7) is 2.43. The Morgan fingerprint density at radius 3 is 2.68 bits per heavy atom. The van der Waals surface area contributed by atoms with Crippen molar-refractivity contribution in [3.63, 3.8) is 0 Å². The molecule has 0 bridgehead atoms. The van der Waals surface area contributed by atoms with E-state index >= 15 is 0 Å². The van der Waals surface area contributed by atoms with Crippen molar-refractivity contribution < 1.29 is 19.1 Å². The lowest BCUT2D eigenvalue weighted by Gasteiger charge is -2.19. The summed E-state index contributed by atoms with van der Waals surface area (Å²) >= 11 is 0. The van der Waals surface area contributed by atoms with E-state index in [1.165, 1.54) is 0 Å². The van der Waals surface area contributed by atoms with E-state index < -0.39 is 0 Å². The van der Waals surface area contributed by atoms with Gasteiger partial charge >= 0.3 is 0 Å². The molecule has 0 aromatic heterocycles. The minimum atomic E-state index is -0.139. The fourth-order valence-corrected chi connectivity index (χ4v) is 2.57. The van der Waals surface area contributed by atoms with Crippen LogP contribution >= 0.6 is 0 Å². The summed E-state index contributed by atoms with van der Waals surface area (Å²) in [5.41, 5.74) is 0.745. The number of hydrogen-bond acceptors (Lipinski definition) is 4. The summed E-state index contributed by atoms with van der Waals surface area (Å²) in [6.07, 6.45) is 1.61. The number of rotatable bonds is 6. The van der Waals surface area contributed by atoms with Gasteiger partial charge in [0, 0.05) is 31.1 Å². The maximum atomic E-state index is 12.2. The Bertz CT molecular complexity index is 559. The second-order valence-electron chi connectivity index (χ2n) is 5.26. The summed E-state index contributed by atoms with van der Waals surface area (Å²) in [5, 5.41) is 2.90. The van der Waals surface area contributed by atoms with Crippen LogP contribution in [0.5, 0.6) is 11.5 Å². The second-order valence-corrected chi connectivity index (χ2v) is 5.26. The topological polar surface area (TPSA) is 67.9 Å².